The Hall–Kier alpha value is -3.21. The second kappa shape index (κ2) is 6.49. The van der Waals surface area contributed by atoms with Crippen molar-refractivity contribution < 1.29 is 9.21 Å². The summed E-state index contributed by atoms with van der Waals surface area (Å²) in [6.07, 6.45) is 9.62. The topological polar surface area (TPSA) is 68.0 Å². The number of hydrogen-bond donors (Lipinski definition) is 1. The van der Waals surface area contributed by atoms with Gasteiger partial charge < -0.3 is 9.73 Å². The Morgan fingerprint density at radius 1 is 1.14 bits per heavy atom. The van der Waals surface area contributed by atoms with E-state index in [1.165, 1.54) is 6.08 Å². The van der Waals surface area contributed by atoms with Gasteiger partial charge in [-0.25, -0.2) is 0 Å². The molecule has 0 spiro atoms. The molecule has 108 valence electrons. The number of nitrogens with one attached hydrogen (secondary N) is 1. The minimum absolute atomic E-state index is 0.241. The molecule has 0 saturated carbocycles. The lowest BCUT2D eigenvalue weighted by Crippen LogP contribution is -2.07. The zero-order chi connectivity index (χ0) is 15.2. The molecule has 0 atom stereocenters. The van der Waals surface area contributed by atoms with E-state index in [1.807, 2.05) is 18.2 Å². The molecule has 1 amide bonds. The van der Waals surface area contributed by atoms with Crippen LogP contribution >= 0.6 is 0 Å². The van der Waals surface area contributed by atoms with Gasteiger partial charge in [0.15, 0.2) is 0 Å². The van der Waals surface area contributed by atoms with Crippen molar-refractivity contribution in [3.8, 4) is 11.3 Å². The number of carbonyl (C=O) groups is 1. The SMILES string of the molecule is O=C(/C=C/c1ccco1)Nc1ccc(-c2ccncc2)nc1. The molecule has 0 radical (unpaired) electrons. The van der Waals surface area contributed by atoms with Gasteiger partial charge in [-0.2, -0.15) is 0 Å². The van der Waals surface area contributed by atoms with Gasteiger partial charge in [0.2, 0.25) is 5.91 Å². The fourth-order valence-electron chi connectivity index (χ4n) is 1.89. The minimum atomic E-state index is -0.241. The standard InChI is InChI=1S/C17H13N3O2/c21-17(6-4-15-2-1-11-22-15)20-14-3-5-16(19-12-14)13-7-9-18-10-8-13/h1-12H,(H,20,21)/b6-4+. The predicted octanol–water partition coefficient (Wildman–Crippen LogP) is 3.39. The average Bonchev–Trinajstić information content (AvgIpc) is 3.08. The van der Waals surface area contributed by atoms with Crippen LogP contribution in [0, 0.1) is 0 Å². The molecule has 3 aromatic rings. The number of amides is 1. The van der Waals surface area contributed by atoms with Crippen LogP contribution in [0.3, 0.4) is 0 Å². The van der Waals surface area contributed by atoms with Crippen LogP contribution in [0.25, 0.3) is 17.3 Å². The highest BCUT2D eigenvalue weighted by molar-refractivity contribution is 6.01. The van der Waals surface area contributed by atoms with Crippen LogP contribution in [0.1, 0.15) is 5.76 Å². The molecule has 0 saturated heterocycles. The first kappa shape index (κ1) is 13.8. The number of furan rings is 1. The van der Waals surface area contributed by atoms with Gasteiger partial charge in [0.05, 0.1) is 23.8 Å². The lowest BCUT2D eigenvalue weighted by atomic mass is 10.2. The summed E-state index contributed by atoms with van der Waals surface area (Å²) in [6.45, 7) is 0. The highest BCUT2D eigenvalue weighted by Crippen LogP contribution is 2.17. The van der Waals surface area contributed by atoms with Crippen LogP contribution < -0.4 is 5.32 Å². The molecular weight excluding hydrogens is 278 g/mol. The van der Waals surface area contributed by atoms with E-state index in [0.717, 1.165) is 11.3 Å². The highest BCUT2D eigenvalue weighted by atomic mass is 16.3. The molecule has 22 heavy (non-hydrogen) atoms. The fourth-order valence-corrected chi connectivity index (χ4v) is 1.89. The summed E-state index contributed by atoms with van der Waals surface area (Å²) in [5, 5.41) is 2.74. The van der Waals surface area contributed by atoms with Crippen molar-refractivity contribution in [2.75, 3.05) is 5.32 Å². The number of pyridine rings is 2. The van der Waals surface area contributed by atoms with Gasteiger partial charge in [-0.15, -0.1) is 0 Å². The molecule has 3 heterocycles. The summed E-state index contributed by atoms with van der Waals surface area (Å²) in [7, 11) is 0. The maximum Gasteiger partial charge on any atom is 0.248 e. The second-order valence-electron chi connectivity index (χ2n) is 4.51. The average molecular weight is 291 g/mol. The summed E-state index contributed by atoms with van der Waals surface area (Å²) >= 11 is 0. The van der Waals surface area contributed by atoms with E-state index in [1.54, 1.807) is 49.1 Å². The first-order valence-electron chi connectivity index (χ1n) is 6.70. The number of rotatable bonds is 4. The zero-order valence-corrected chi connectivity index (χ0v) is 11.6. The third kappa shape index (κ3) is 3.46. The molecule has 0 fully saturated rings. The Morgan fingerprint density at radius 3 is 2.68 bits per heavy atom. The van der Waals surface area contributed by atoms with Gasteiger partial charge in [0.25, 0.3) is 0 Å². The van der Waals surface area contributed by atoms with Gasteiger partial charge in [-0.05, 0) is 42.5 Å². The van der Waals surface area contributed by atoms with Crippen molar-refractivity contribution >= 4 is 17.7 Å². The number of aromatic nitrogens is 2. The van der Waals surface area contributed by atoms with Crippen molar-refractivity contribution in [3.63, 3.8) is 0 Å². The molecule has 0 aliphatic rings. The molecule has 0 unspecified atom stereocenters. The van der Waals surface area contributed by atoms with E-state index in [2.05, 4.69) is 15.3 Å². The van der Waals surface area contributed by atoms with Gasteiger partial charge in [0.1, 0.15) is 5.76 Å². The van der Waals surface area contributed by atoms with Gasteiger partial charge in [0, 0.05) is 24.0 Å². The molecule has 5 nitrogen and oxygen atoms in total. The number of hydrogen-bond acceptors (Lipinski definition) is 4. The first-order chi connectivity index (χ1) is 10.8. The maximum atomic E-state index is 11.8. The Balaban J connectivity index is 1.65. The normalized spacial score (nSPS) is 10.7. The quantitative estimate of drug-likeness (QED) is 0.748. The highest BCUT2D eigenvalue weighted by Gasteiger charge is 2.01. The van der Waals surface area contributed by atoms with Crippen molar-refractivity contribution in [1.29, 1.82) is 0 Å². The number of nitrogens with zero attached hydrogens (tertiary/aromatic N) is 2. The summed E-state index contributed by atoms with van der Waals surface area (Å²) in [6, 6.07) is 11.0. The van der Waals surface area contributed by atoms with Crippen molar-refractivity contribution in [2.24, 2.45) is 0 Å². The zero-order valence-electron chi connectivity index (χ0n) is 11.6. The summed E-state index contributed by atoms with van der Waals surface area (Å²) in [5.41, 5.74) is 2.43. The summed E-state index contributed by atoms with van der Waals surface area (Å²) < 4.78 is 5.11. The third-order valence-corrected chi connectivity index (χ3v) is 2.95. The van der Waals surface area contributed by atoms with Crippen molar-refractivity contribution in [3.05, 3.63) is 73.1 Å². The molecule has 0 aliphatic carbocycles. The van der Waals surface area contributed by atoms with Crippen molar-refractivity contribution in [1.82, 2.24) is 9.97 Å². The Labute approximate surface area is 127 Å². The lowest BCUT2D eigenvalue weighted by Gasteiger charge is -2.04. The maximum absolute atomic E-state index is 11.8. The molecule has 0 aliphatic heterocycles. The largest absolute Gasteiger partial charge is 0.465 e. The van der Waals surface area contributed by atoms with Crippen LogP contribution in [0.5, 0.6) is 0 Å². The Bertz CT molecular complexity index is 763. The molecular formula is C17H13N3O2. The fraction of sp³-hybridized carbons (Fsp3) is 0. The van der Waals surface area contributed by atoms with Crippen LogP contribution in [0.4, 0.5) is 5.69 Å². The second-order valence-corrected chi connectivity index (χ2v) is 4.51. The van der Waals surface area contributed by atoms with Crippen molar-refractivity contribution in [2.45, 2.75) is 0 Å². The van der Waals surface area contributed by atoms with E-state index in [0.29, 0.717) is 11.4 Å². The smallest absolute Gasteiger partial charge is 0.248 e. The first-order valence-corrected chi connectivity index (χ1v) is 6.70. The van der Waals surface area contributed by atoms with Gasteiger partial charge >= 0.3 is 0 Å². The van der Waals surface area contributed by atoms with Crippen LogP contribution in [-0.4, -0.2) is 15.9 Å². The minimum Gasteiger partial charge on any atom is -0.465 e. The van der Waals surface area contributed by atoms with E-state index in [9.17, 15) is 4.79 Å². The van der Waals surface area contributed by atoms with E-state index < -0.39 is 0 Å². The van der Waals surface area contributed by atoms with E-state index in [4.69, 9.17) is 4.42 Å². The Morgan fingerprint density at radius 2 is 2.00 bits per heavy atom. The third-order valence-electron chi connectivity index (χ3n) is 2.95. The molecule has 0 bridgehead atoms. The van der Waals surface area contributed by atoms with E-state index >= 15 is 0 Å². The molecule has 3 aromatic heterocycles. The van der Waals surface area contributed by atoms with E-state index in [-0.39, 0.29) is 5.91 Å². The summed E-state index contributed by atoms with van der Waals surface area (Å²) in [4.78, 5) is 20.1. The predicted molar refractivity (Wildman–Crippen MR) is 83.8 cm³/mol. The van der Waals surface area contributed by atoms with Gasteiger partial charge in [-0.1, -0.05) is 0 Å². The molecule has 3 rings (SSSR count). The van der Waals surface area contributed by atoms with Crippen LogP contribution in [0.2, 0.25) is 0 Å². The van der Waals surface area contributed by atoms with Crippen LogP contribution in [-0.2, 0) is 4.79 Å². The number of carbonyl (C=O) groups excluding carboxylic acids is 1. The van der Waals surface area contributed by atoms with Gasteiger partial charge in [-0.3, -0.25) is 14.8 Å². The summed E-state index contributed by atoms with van der Waals surface area (Å²) in [5.74, 6) is 0.385. The molecule has 0 aromatic carbocycles. The van der Waals surface area contributed by atoms with Crippen LogP contribution in [0.15, 0.2) is 71.7 Å². The Kier molecular flexibility index (Phi) is 4.06. The monoisotopic (exact) mass is 291 g/mol. The molecule has 1 N–H and O–H groups in total. The lowest BCUT2D eigenvalue weighted by molar-refractivity contribution is -0.111. The molecule has 5 heteroatoms. The number of anilines is 1.